The standard InChI is InChI=1S/C7H16F2N2/c1-6(7(8)9)10-4-5-11(2)3/h6-7,10H,4-5H2,1-3H3. The molecule has 1 unspecified atom stereocenters. The number of hydrogen-bond acceptors (Lipinski definition) is 2. The van der Waals surface area contributed by atoms with Gasteiger partial charge in [-0.05, 0) is 21.0 Å². The van der Waals surface area contributed by atoms with E-state index < -0.39 is 12.5 Å². The molecule has 0 aliphatic heterocycles. The SMILES string of the molecule is CC(NCCN(C)C)C(F)F. The van der Waals surface area contributed by atoms with Gasteiger partial charge in [-0.3, -0.25) is 0 Å². The van der Waals surface area contributed by atoms with Gasteiger partial charge in [0.25, 0.3) is 6.43 Å². The lowest BCUT2D eigenvalue weighted by molar-refractivity contribution is 0.105. The van der Waals surface area contributed by atoms with Crippen LogP contribution in [0.5, 0.6) is 0 Å². The van der Waals surface area contributed by atoms with Gasteiger partial charge in [-0.25, -0.2) is 8.78 Å². The molecular weight excluding hydrogens is 150 g/mol. The summed E-state index contributed by atoms with van der Waals surface area (Å²) in [6.07, 6.45) is -2.27. The molecule has 1 atom stereocenters. The average Bonchev–Trinajstić information content (AvgIpc) is 1.86. The first-order chi connectivity index (χ1) is 5.04. The minimum Gasteiger partial charge on any atom is -0.308 e. The van der Waals surface area contributed by atoms with Crippen molar-refractivity contribution in [3.05, 3.63) is 0 Å². The largest absolute Gasteiger partial charge is 0.308 e. The van der Waals surface area contributed by atoms with E-state index in [1.165, 1.54) is 6.92 Å². The summed E-state index contributed by atoms with van der Waals surface area (Å²) in [6.45, 7) is 2.88. The first-order valence-corrected chi connectivity index (χ1v) is 3.70. The zero-order valence-corrected chi connectivity index (χ0v) is 7.27. The molecule has 0 amide bonds. The molecule has 2 nitrogen and oxygen atoms in total. The molecule has 0 aromatic carbocycles. The van der Waals surface area contributed by atoms with Crippen molar-refractivity contribution in [2.75, 3.05) is 27.2 Å². The molecule has 0 aromatic heterocycles. The fourth-order valence-corrected chi connectivity index (χ4v) is 0.605. The Morgan fingerprint density at radius 2 is 1.91 bits per heavy atom. The Morgan fingerprint density at radius 3 is 2.27 bits per heavy atom. The highest BCUT2D eigenvalue weighted by molar-refractivity contribution is 4.62. The van der Waals surface area contributed by atoms with Crippen LogP contribution in [0.1, 0.15) is 6.92 Å². The summed E-state index contributed by atoms with van der Waals surface area (Å²) < 4.78 is 23.8. The van der Waals surface area contributed by atoms with E-state index in [4.69, 9.17) is 0 Å². The number of nitrogens with one attached hydrogen (secondary N) is 1. The summed E-state index contributed by atoms with van der Waals surface area (Å²) in [4.78, 5) is 1.95. The Bertz CT molecular complexity index is 96.4. The molecule has 1 N–H and O–H groups in total. The van der Waals surface area contributed by atoms with Crippen LogP contribution in [0, 0.1) is 0 Å². The summed E-state index contributed by atoms with van der Waals surface area (Å²) in [6, 6.07) is -0.699. The third-order valence-electron chi connectivity index (χ3n) is 1.40. The van der Waals surface area contributed by atoms with Gasteiger partial charge in [0.2, 0.25) is 0 Å². The molecule has 0 bridgehead atoms. The zero-order valence-electron chi connectivity index (χ0n) is 7.27. The Morgan fingerprint density at radius 1 is 1.36 bits per heavy atom. The molecule has 0 fully saturated rings. The van der Waals surface area contributed by atoms with Gasteiger partial charge in [0.05, 0.1) is 6.04 Å². The molecule has 0 aliphatic carbocycles. The summed E-state index contributed by atoms with van der Waals surface area (Å²) in [5.74, 6) is 0. The van der Waals surface area contributed by atoms with E-state index in [0.29, 0.717) is 6.54 Å². The molecule has 0 spiro atoms. The maximum atomic E-state index is 11.9. The molecule has 0 heterocycles. The third-order valence-corrected chi connectivity index (χ3v) is 1.40. The zero-order chi connectivity index (χ0) is 8.85. The highest BCUT2D eigenvalue weighted by Gasteiger charge is 2.12. The molecule has 11 heavy (non-hydrogen) atoms. The van der Waals surface area contributed by atoms with E-state index in [0.717, 1.165) is 6.54 Å². The molecule has 0 aromatic rings. The van der Waals surface area contributed by atoms with Crippen LogP contribution in [-0.4, -0.2) is 44.6 Å². The molecule has 68 valence electrons. The third kappa shape index (κ3) is 6.19. The van der Waals surface area contributed by atoms with Crippen LogP contribution in [0.2, 0.25) is 0 Å². The smallest absolute Gasteiger partial charge is 0.253 e. The van der Waals surface area contributed by atoms with E-state index in [2.05, 4.69) is 5.32 Å². The average molecular weight is 166 g/mol. The molecular formula is C7H16F2N2. The lowest BCUT2D eigenvalue weighted by atomic mass is 10.3. The number of halogens is 2. The van der Waals surface area contributed by atoms with Crippen molar-refractivity contribution in [2.24, 2.45) is 0 Å². The van der Waals surface area contributed by atoms with E-state index in [1.807, 2.05) is 19.0 Å². The fraction of sp³-hybridized carbons (Fsp3) is 1.00. The summed E-state index contributed by atoms with van der Waals surface area (Å²) >= 11 is 0. The predicted molar refractivity (Wildman–Crippen MR) is 42.0 cm³/mol. The highest BCUT2D eigenvalue weighted by Crippen LogP contribution is 1.97. The first kappa shape index (κ1) is 10.8. The number of nitrogens with zero attached hydrogens (tertiary/aromatic N) is 1. The topological polar surface area (TPSA) is 15.3 Å². The van der Waals surface area contributed by atoms with Gasteiger partial charge in [-0.1, -0.05) is 0 Å². The van der Waals surface area contributed by atoms with Crippen LogP contribution in [-0.2, 0) is 0 Å². The van der Waals surface area contributed by atoms with Crippen LogP contribution in [0.15, 0.2) is 0 Å². The van der Waals surface area contributed by atoms with Crippen LogP contribution >= 0.6 is 0 Å². The summed E-state index contributed by atoms with van der Waals surface area (Å²) in [7, 11) is 3.82. The van der Waals surface area contributed by atoms with Crippen molar-refractivity contribution >= 4 is 0 Å². The van der Waals surface area contributed by atoms with E-state index in [9.17, 15) is 8.78 Å². The Balaban J connectivity index is 3.24. The molecule has 0 aliphatic rings. The monoisotopic (exact) mass is 166 g/mol. The lowest BCUT2D eigenvalue weighted by Gasteiger charge is -2.14. The van der Waals surface area contributed by atoms with Gasteiger partial charge in [-0.15, -0.1) is 0 Å². The number of alkyl halides is 2. The summed E-state index contributed by atoms with van der Waals surface area (Å²) in [5.41, 5.74) is 0. The fourth-order valence-electron chi connectivity index (χ4n) is 0.605. The Hall–Kier alpha value is -0.220. The van der Waals surface area contributed by atoms with Crippen molar-refractivity contribution in [3.63, 3.8) is 0 Å². The molecule has 0 saturated carbocycles. The van der Waals surface area contributed by atoms with Crippen molar-refractivity contribution in [1.29, 1.82) is 0 Å². The second-order valence-corrected chi connectivity index (χ2v) is 2.88. The second-order valence-electron chi connectivity index (χ2n) is 2.88. The van der Waals surface area contributed by atoms with E-state index in [-0.39, 0.29) is 0 Å². The van der Waals surface area contributed by atoms with Crippen LogP contribution in [0.3, 0.4) is 0 Å². The van der Waals surface area contributed by atoms with Crippen molar-refractivity contribution in [1.82, 2.24) is 10.2 Å². The maximum Gasteiger partial charge on any atom is 0.253 e. The van der Waals surface area contributed by atoms with Gasteiger partial charge < -0.3 is 10.2 Å². The molecule has 0 saturated heterocycles. The Labute approximate surface area is 66.6 Å². The Kier molecular flexibility index (Phi) is 5.32. The predicted octanol–water partition coefficient (Wildman–Crippen LogP) is 0.791. The normalized spacial score (nSPS) is 14.5. The van der Waals surface area contributed by atoms with Crippen LogP contribution < -0.4 is 5.32 Å². The molecule has 4 heteroatoms. The second kappa shape index (κ2) is 5.43. The van der Waals surface area contributed by atoms with Crippen molar-refractivity contribution in [2.45, 2.75) is 19.4 Å². The van der Waals surface area contributed by atoms with Gasteiger partial charge in [0, 0.05) is 13.1 Å². The van der Waals surface area contributed by atoms with Gasteiger partial charge >= 0.3 is 0 Å². The van der Waals surface area contributed by atoms with Crippen LogP contribution in [0.4, 0.5) is 8.78 Å². The quantitative estimate of drug-likeness (QED) is 0.649. The van der Waals surface area contributed by atoms with Gasteiger partial charge in [0.1, 0.15) is 0 Å². The van der Waals surface area contributed by atoms with Gasteiger partial charge in [-0.2, -0.15) is 0 Å². The maximum absolute atomic E-state index is 11.9. The van der Waals surface area contributed by atoms with E-state index >= 15 is 0 Å². The lowest BCUT2D eigenvalue weighted by Crippen LogP contribution is -2.37. The summed E-state index contributed by atoms with van der Waals surface area (Å²) in [5, 5.41) is 2.72. The number of hydrogen-bond donors (Lipinski definition) is 1. The van der Waals surface area contributed by atoms with Gasteiger partial charge in [0.15, 0.2) is 0 Å². The van der Waals surface area contributed by atoms with E-state index in [1.54, 1.807) is 0 Å². The molecule has 0 rings (SSSR count). The molecule has 0 radical (unpaired) electrons. The minimum absolute atomic E-state index is 0.610. The number of rotatable bonds is 5. The minimum atomic E-state index is -2.27. The highest BCUT2D eigenvalue weighted by atomic mass is 19.3. The van der Waals surface area contributed by atoms with Crippen LogP contribution in [0.25, 0.3) is 0 Å². The number of likely N-dealkylation sites (N-methyl/N-ethyl adjacent to an activating group) is 1. The first-order valence-electron chi connectivity index (χ1n) is 3.70. The van der Waals surface area contributed by atoms with Crippen molar-refractivity contribution < 1.29 is 8.78 Å². The van der Waals surface area contributed by atoms with Crippen molar-refractivity contribution in [3.8, 4) is 0 Å².